The normalized spacial score (nSPS) is 16.9. The molecule has 0 aromatic carbocycles. The fourth-order valence-corrected chi connectivity index (χ4v) is 4.96. The lowest BCUT2D eigenvalue weighted by Crippen LogP contribution is -2.43. The number of alkyl halides is 3. The van der Waals surface area contributed by atoms with Crippen molar-refractivity contribution in [3.8, 4) is 0 Å². The number of amides is 2. The average molecular weight is 462 g/mol. The maximum absolute atomic E-state index is 13.2. The summed E-state index contributed by atoms with van der Waals surface area (Å²) in [5, 5.41) is 3.36. The second kappa shape index (κ2) is 8.50. The molecule has 1 saturated heterocycles. The molecule has 0 bridgehead atoms. The third kappa shape index (κ3) is 4.32. The largest absolute Gasteiger partial charge is 0.433 e. The summed E-state index contributed by atoms with van der Waals surface area (Å²) in [5.41, 5.74) is 0.466. The maximum atomic E-state index is 13.2. The first kappa shape index (κ1) is 22.2. The number of pyridine rings is 2. The number of nitrogens with zero attached hydrogens (tertiary/aromatic N) is 3. The van der Waals surface area contributed by atoms with Crippen LogP contribution in [0.25, 0.3) is 10.2 Å². The van der Waals surface area contributed by atoms with Gasteiger partial charge in [0.1, 0.15) is 16.3 Å². The number of likely N-dealkylation sites (tertiary alicyclic amines) is 1. The highest BCUT2D eigenvalue weighted by atomic mass is 32.1. The highest BCUT2D eigenvalue weighted by molar-refractivity contribution is 7.20. The summed E-state index contributed by atoms with van der Waals surface area (Å²) in [7, 11) is 0. The number of rotatable bonds is 3. The number of carbonyl (C=O) groups excluding carboxylic acids is 2. The fraction of sp³-hybridized carbons (Fsp3) is 0.364. The van der Waals surface area contributed by atoms with Crippen molar-refractivity contribution in [3.63, 3.8) is 0 Å². The second-order valence-electron chi connectivity index (χ2n) is 7.85. The Kier molecular flexibility index (Phi) is 5.89. The van der Waals surface area contributed by atoms with Crippen LogP contribution >= 0.6 is 11.3 Å². The second-order valence-corrected chi connectivity index (χ2v) is 8.85. The minimum absolute atomic E-state index is 0.178. The summed E-state index contributed by atoms with van der Waals surface area (Å²) in [6, 6.07) is 5.92. The van der Waals surface area contributed by atoms with Crippen molar-refractivity contribution in [2.45, 2.75) is 32.9 Å². The van der Waals surface area contributed by atoms with E-state index in [2.05, 4.69) is 15.3 Å². The molecule has 1 unspecified atom stereocenters. The monoisotopic (exact) mass is 462 g/mol. The Morgan fingerprint density at radius 3 is 2.72 bits per heavy atom. The molecular formula is C22H21F3N4O2S. The van der Waals surface area contributed by atoms with Gasteiger partial charge >= 0.3 is 6.18 Å². The molecule has 0 radical (unpaired) electrons. The first-order chi connectivity index (χ1) is 15.1. The van der Waals surface area contributed by atoms with E-state index in [1.54, 1.807) is 24.1 Å². The minimum Gasteiger partial charge on any atom is -0.337 e. The van der Waals surface area contributed by atoms with Gasteiger partial charge in [0.05, 0.1) is 10.8 Å². The molecule has 1 aliphatic rings. The zero-order chi connectivity index (χ0) is 23.0. The van der Waals surface area contributed by atoms with Crippen molar-refractivity contribution in [2.75, 3.05) is 18.4 Å². The molecule has 32 heavy (non-hydrogen) atoms. The molecular weight excluding hydrogens is 441 g/mol. The number of hydrogen-bond donors (Lipinski definition) is 1. The predicted octanol–water partition coefficient (Wildman–Crippen LogP) is 4.82. The van der Waals surface area contributed by atoms with Crippen molar-refractivity contribution in [1.29, 1.82) is 0 Å². The van der Waals surface area contributed by atoms with Crippen LogP contribution in [0.4, 0.5) is 19.0 Å². The number of fused-ring (bicyclic) bond motifs is 1. The number of carbonyl (C=O) groups is 2. The SMILES string of the molecule is Cc1cccnc1NC(=O)C1CCCN(C(=O)c2sc3nc(C(F)(F)F)ccc3c2C)C1. The van der Waals surface area contributed by atoms with Gasteiger partial charge in [-0.25, -0.2) is 9.97 Å². The third-order valence-corrected chi connectivity index (χ3v) is 6.81. The number of hydrogen-bond acceptors (Lipinski definition) is 5. The van der Waals surface area contributed by atoms with E-state index in [-0.39, 0.29) is 23.2 Å². The molecule has 1 N–H and O–H groups in total. The van der Waals surface area contributed by atoms with Gasteiger partial charge in [-0.05, 0) is 56.0 Å². The molecule has 0 aliphatic carbocycles. The predicted molar refractivity (Wildman–Crippen MR) is 116 cm³/mol. The summed E-state index contributed by atoms with van der Waals surface area (Å²) in [6.07, 6.45) is -1.65. The number of aryl methyl sites for hydroxylation is 2. The lowest BCUT2D eigenvalue weighted by Gasteiger charge is -2.32. The van der Waals surface area contributed by atoms with E-state index in [0.717, 1.165) is 23.0 Å². The van der Waals surface area contributed by atoms with Crippen LogP contribution in [0, 0.1) is 19.8 Å². The molecule has 1 atom stereocenters. The van der Waals surface area contributed by atoms with Gasteiger partial charge in [-0.1, -0.05) is 6.07 Å². The van der Waals surface area contributed by atoms with E-state index < -0.39 is 17.8 Å². The highest BCUT2D eigenvalue weighted by Crippen LogP contribution is 2.35. The quantitative estimate of drug-likeness (QED) is 0.606. The van der Waals surface area contributed by atoms with E-state index in [1.807, 2.05) is 13.0 Å². The Labute approximate surface area is 186 Å². The molecule has 4 rings (SSSR count). The van der Waals surface area contributed by atoms with Crippen LogP contribution in [0.15, 0.2) is 30.5 Å². The molecule has 0 saturated carbocycles. The Bertz CT molecular complexity index is 1190. The maximum Gasteiger partial charge on any atom is 0.433 e. The number of aromatic nitrogens is 2. The number of piperidine rings is 1. The average Bonchev–Trinajstić information content (AvgIpc) is 3.10. The van der Waals surface area contributed by atoms with Gasteiger partial charge in [-0.2, -0.15) is 13.2 Å². The Hall–Kier alpha value is -3.01. The van der Waals surface area contributed by atoms with Crippen molar-refractivity contribution >= 4 is 39.2 Å². The highest BCUT2D eigenvalue weighted by Gasteiger charge is 2.34. The summed E-state index contributed by atoms with van der Waals surface area (Å²) < 4.78 is 39.0. The van der Waals surface area contributed by atoms with Crippen LogP contribution in [0.2, 0.25) is 0 Å². The van der Waals surface area contributed by atoms with Gasteiger partial charge in [-0.15, -0.1) is 11.3 Å². The first-order valence-corrected chi connectivity index (χ1v) is 11.0. The molecule has 3 aromatic heterocycles. The molecule has 1 fully saturated rings. The van der Waals surface area contributed by atoms with Gasteiger partial charge in [0.2, 0.25) is 5.91 Å². The number of nitrogens with one attached hydrogen (secondary N) is 1. The summed E-state index contributed by atoms with van der Waals surface area (Å²) in [6.45, 7) is 4.28. The van der Waals surface area contributed by atoms with Crippen molar-refractivity contribution in [3.05, 3.63) is 52.2 Å². The van der Waals surface area contributed by atoms with Crippen LogP contribution < -0.4 is 5.32 Å². The Morgan fingerprint density at radius 2 is 2.00 bits per heavy atom. The van der Waals surface area contributed by atoms with E-state index in [0.29, 0.717) is 41.0 Å². The smallest absolute Gasteiger partial charge is 0.337 e. The third-order valence-electron chi connectivity index (χ3n) is 5.62. The number of anilines is 1. The van der Waals surface area contributed by atoms with E-state index >= 15 is 0 Å². The minimum atomic E-state index is -4.55. The molecule has 2 amide bonds. The Morgan fingerprint density at radius 1 is 1.22 bits per heavy atom. The zero-order valence-corrected chi connectivity index (χ0v) is 18.3. The van der Waals surface area contributed by atoms with E-state index in [1.165, 1.54) is 6.07 Å². The summed E-state index contributed by atoms with van der Waals surface area (Å²) >= 11 is 0.957. The van der Waals surface area contributed by atoms with Crippen molar-refractivity contribution < 1.29 is 22.8 Å². The topological polar surface area (TPSA) is 75.2 Å². The number of halogens is 3. The van der Waals surface area contributed by atoms with Crippen molar-refractivity contribution in [1.82, 2.24) is 14.9 Å². The van der Waals surface area contributed by atoms with Crippen LogP contribution in [0.1, 0.15) is 39.3 Å². The summed E-state index contributed by atoms with van der Waals surface area (Å²) in [4.78, 5) is 36.0. The lowest BCUT2D eigenvalue weighted by atomic mass is 9.96. The lowest BCUT2D eigenvalue weighted by molar-refractivity contribution is -0.140. The van der Waals surface area contributed by atoms with E-state index in [4.69, 9.17) is 0 Å². The molecule has 10 heteroatoms. The van der Waals surface area contributed by atoms with Crippen LogP contribution in [-0.2, 0) is 11.0 Å². The first-order valence-electron chi connectivity index (χ1n) is 10.1. The fourth-order valence-electron chi connectivity index (χ4n) is 3.82. The molecule has 6 nitrogen and oxygen atoms in total. The Balaban J connectivity index is 1.53. The molecule has 1 aliphatic heterocycles. The van der Waals surface area contributed by atoms with Crippen LogP contribution in [0.5, 0.6) is 0 Å². The van der Waals surface area contributed by atoms with Gasteiger partial charge in [0, 0.05) is 24.7 Å². The van der Waals surface area contributed by atoms with Gasteiger partial charge < -0.3 is 10.2 Å². The van der Waals surface area contributed by atoms with Gasteiger partial charge in [-0.3, -0.25) is 9.59 Å². The standard InChI is InChI=1S/C22H21F3N4O2S/c1-12-5-3-9-26-18(12)28-19(30)14-6-4-10-29(11-14)21(31)17-13(2)15-7-8-16(22(23,24)25)27-20(15)32-17/h3,5,7-9,14H,4,6,10-11H2,1-2H3,(H,26,28,30). The van der Waals surface area contributed by atoms with Crippen LogP contribution in [0.3, 0.4) is 0 Å². The van der Waals surface area contributed by atoms with Gasteiger partial charge in [0.15, 0.2) is 0 Å². The zero-order valence-electron chi connectivity index (χ0n) is 17.5. The molecule has 168 valence electrons. The molecule has 0 spiro atoms. The van der Waals surface area contributed by atoms with E-state index in [9.17, 15) is 22.8 Å². The number of thiophene rings is 1. The van der Waals surface area contributed by atoms with Gasteiger partial charge in [0.25, 0.3) is 5.91 Å². The van der Waals surface area contributed by atoms with Crippen LogP contribution in [-0.4, -0.2) is 39.8 Å². The van der Waals surface area contributed by atoms with Crippen molar-refractivity contribution in [2.24, 2.45) is 5.92 Å². The molecule has 3 aromatic rings. The molecule has 4 heterocycles. The summed E-state index contributed by atoms with van der Waals surface area (Å²) in [5.74, 6) is -0.383.